The number of tetrazole rings is 1. The van der Waals surface area contributed by atoms with Gasteiger partial charge >= 0.3 is 0 Å². The zero-order chi connectivity index (χ0) is 19.3. The number of thioether (sulfide) groups is 1. The van der Waals surface area contributed by atoms with Gasteiger partial charge in [0.1, 0.15) is 0 Å². The summed E-state index contributed by atoms with van der Waals surface area (Å²) in [4.78, 5) is 14.7. The van der Waals surface area contributed by atoms with Crippen molar-refractivity contribution in [3.63, 3.8) is 0 Å². The van der Waals surface area contributed by atoms with E-state index in [0.29, 0.717) is 10.2 Å². The van der Waals surface area contributed by atoms with Crippen LogP contribution in [-0.2, 0) is 4.79 Å². The van der Waals surface area contributed by atoms with Crippen LogP contribution in [0.2, 0.25) is 5.02 Å². The molecule has 1 aliphatic heterocycles. The molecule has 1 aliphatic rings. The van der Waals surface area contributed by atoms with Gasteiger partial charge in [0, 0.05) is 29.5 Å². The molecule has 28 heavy (non-hydrogen) atoms. The smallest absolute Gasteiger partial charge is 0.234 e. The number of amides is 1. The van der Waals surface area contributed by atoms with Crippen molar-refractivity contribution in [1.82, 2.24) is 20.2 Å². The summed E-state index contributed by atoms with van der Waals surface area (Å²) in [5, 5.41) is 15.8. The Morgan fingerprint density at radius 3 is 2.43 bits per heavy atom. The predicted octanol–water partition coefficient (Wildman–Crippen LogP) is 3.65. The summed E-state index contributed by atoms with van der Waals surface area (Å²) in [6, 6.07) is 15.2. The fourth-order valence-corrected chi connectivity index (χ4v) is 3.89. The van der Waals surface area contributed by atoms with Gasteiger partial charge in [0.2, 0.25) is 11.1 Å². The number of carbonyl (C=O) groups excluding carboxylic acids is 1. The maximum atomic E-state index is 12.3. The molecule has 0 spiro atoms. The van der Waals surface area contributed by atoms with E-state index in [-0.39, 0.29) is 11.7 Å². The molecule has 0 atom stereocenters. The number of anilines is 2. The molecule has 1 fully saturated rings. The van der Waals surface area contributed by atoms with Crippen molar-refractivity contribution >= 4 is 40.6 Å². The first-order chi connectivity index (χ1) is 13.7. The van der Waals surface area contributed by atoms with E-state index in [2.05, 4.69) is 37.9 Å². The van der Waals surface area contributed by atoms with Crippen molar-refractivity contribution in [1.29, 1.82) is 0 Å². The average molecular weight is 415 g/mol. The zero-order valence-electron chi connectivity index (χ0n) is 15.1. The lowest BCUT2D eigenvalue weighted by molar-refractivity contribution is -0.113. The lowest BCUT2D eigenvalue weighted by atomic mass is 10.2. The van der Waals surface area contributed by atoms with Gasteiger partial charge in [0.05, 0.1) is 11.4 Å². The predicted molar refractivity (Wildman–Crippen MR) is 111 cm³/mol. The SMILES string of the molecule is O=C(CSc1nnnn1-c1ccc(Cl)cc1)Nc1ccc(N2CCCC2)cc1. The zero-order valence-corrected chi connectivity index (χ0v) is 16.7. The van der Waals surface area contributed by atoms with Crippen LogP contribution in [0.5, 0.6) is 0 Å². The third kappa shape index (κ3) is 4.45. The van der Waals surface area contributed by atoms with Crippen molar-refractivity contribution in [2.75, 3.05) is 29.1 Å². The fourth-order valence-electron chi connectivity index (χ4n) is 3.07. The number of hydrogen-bond acceptors (Lipinski definition) is 6. The minimum Gasteiger partial charge on any atom is -0.372 e. The summed E-state index contributed by atoms with van der Waals surface area (Å²) in [7, 11) is 0. The van der Waals surface area contributed by atoms with E-state index in [9.17, 15) is 4.79 Å². The third-order valence-electron chi connectivity index (χ3n) is 4.47. The van der Waals surface area contributed by atoms with E-state index in [0.717, 1.165) is 24.5 Å². The molecule has 0 bridgehead atoms. The Bertz CT molecular complexity index is 938. The standard InChI is InChI=1S/C19H19ClN6OS/c20-14-3-7-17(8-4-14)26-19(22-23-24-26)28-13-18(27)21-15-5-9-16(10-6-15)25-11-1-2-12-25/h3-10H,1-2,11-13H2,(H,21,27). The first kappa shape index (κ1) is 18.8. The Morgan fingerprint density at radius 1 is 1.04 bits per heavy atom. The van der Waals surface area contributed by atoms with E-state index in [1.807, 2.05) is 24.3 Å². The molecule has 0 aliphatic carbocycles. The van der Waals surface area contributed by atoms with E-state index in [1.165, 1.54) is 30.3 Å². The quantitative estimate of drug-likeness (QED) is 0.620. The van der Waals surface area contributed by atoms with Gasteiger partial charge in [-0.25, -0.2) is 0 Å². The van der Waals surface area contributed by atoms with Gasteiger partial charge in [0.25, 0.3) is 0 Å². The number of hydrogen-bond donors (Lipinski definition) is 1. The molecule has 3 aromatic rings. The molecule has 0 unspecified atom stereocenters. The maximum absolute atomic E-state index is 12.3. The Hall–Kier alpha value is -2.58. The van der Waals surface area contributed by atoms with Crippen LogP contribution in [0.3, 0.4) is 0 Å². The highest BCUT2D eigenvalue weighted by Crippen LogP contribution is 2.23. The number of nitrogens with one attached hydrogen (secondary N) is 1. The molecule has 2 aromatic carbocycles. The van der Waals surface area contributed by atoms with Gasteiger partial charge in [-0.05, 0) is 71.8 Å². The third-order valence-corrected chi connectivity index (χ3v) is 5.64. The lowest BCUT2D eigenvalue weighted by Gasteiger charge is -2.17. The highest BCUT2D eigenvalue weighted by atomic mass is 35.5. The van der Waals surface area contributed by atoms with Gasteiger partial charge in [-0.2, -0.15) is 4.68 Å². The van der Waals surface area contributed by atoms with Gasteiger partial charge in [-0.1, -0.05) is 23.4 Å². The molecule has 7 nitrogen and oxygen atoms in total. The van der Waals surface area contributed by atoms with Crippen LogP contribution in [0.1, 0.15) is 12.8 Å². The molecule has 1 saturated heterocycles. The van der Waals surface area contributed by atoms with Crippen LogP contribution >= 0.6 is 23.4 Å². The first-order valence-electron chi connectivity index (χ1n) is 9.01. The van der Waals surface area contributed by atoms with Crippen molar-refractivity contribution in [3.05, 3.63) is 53.6 Å². The van der Waals surface area contributed by atoms with Crippen LogP contribution in [0.4, 0.5) is 11.4 Å². The minimum atomic E-state index is -0.107. The number of aromatic nitrogens is 4. The highest BCUT2D eigenvalue weighted by molar-refractivity contribution is 7.99. The number of carbonyl (C=O) groups is 1. The molecule has 1 aromatic heterocycles. The largest absolute Gasteiger partial charge is 0.372 e. The van der Waals surface area contributed by atoms with Crippen LogP contribution < -0.4 is 10.2 Å². The fraction of sp³-hybridized carbons (Fsp3) is 0.263. The summed E-state index contributed by atoms with van der Waals surface area (Å²) in [5.41, 5.74) is 2.77. The molecule has 9 heteroatoms. The number of nitrogens with zero attached hydrogens (tertiary/aromatic N) is 5. The molecule has 1 N–H and O–H groups in total. The number of halogens is 1. The van der Waals surface area contributed by atoms with Gasteiger partial charge in [0.15, 0.2) is 0 Å². The van der Waals surface area contributed by atoms with Crippen molar-refractivity contribution < 1.29 is 4.79 Å². The summed E-state index contributed by atoms with van der Waals surface area (Å²) < 4.78 is 1.58. The molecular weight excluding hydrogens is 396 g/mol. The van der Waals surface area contributed by atoms with Crippen LogP contribution in [0, 0.1) is 0 Å². The molecule has 144 valence electrons. The van der Waals surface area contributed by atoms with Crippen molar-refractivity contribution in [2.24, 2.45) is 0 Å². The molecular formula is C19H19ClN6OS. The Labute approximate surface area is 172 Å². The second-order valence-corrected chi connectivity index (χ2v) is 7.81. The summed E-state index contributed by atoms with van der Waals surface area (Å²) in [5.74, 6) is 0.103. The van der Waals surface area contributed by atoms with Gasteiger partial charge < -0.3 is 10.2 Å². The minimum absolute atomic E-state index is 0.107. The Morgan fingerprint density at radius 2 is 1.71 bits per heavy atom. The molecule has 4 rings (SSSR count). The topological polar surface area (TPSA) is 75.9 Å². The monoisotopic (exact) mass is 414 g/mol. The van der Waals surface area contributed by atoms with E-state index in [4.69, 9.17) is 11.6 Å². The normalized spacial score (nSPS) is 13.7. The van der Waals surface area contributed by atoms with Crippen LogP contribution in [0.25, 0.3) is 5.69 Å². The summed E-state index contributed by atoms with van der Waals surface area (Å²) in [6.07, 6.45) is 2.48. The van der Waals surface area contributed by atoms with Gasteiger partial charge in [-0.15, -0.1) is 5.10 Å². The molecule has 2 heterocycles. The van der Waals surface area contributed by atoms with Gasteiger partial charge in [-0.3, -0.25) is 4.79 Å². The second-order valence-electron chi connectivity index (χ2n) is 6.43. The molecule has 0 radical (unpaired) electrons. The van der Waals surface area contributed by atoms with E-state index in [1.54, 1.807) is 16.8 Å². The maximum Gasteiger partial charge on any atom is 0.234 e. The summed E-state index contributed by atoms with van der Waals surface area (Å²) in [6.45, 7) is 2.20. The Kier molecular flexibility index (Phi) is 5.78. The van der Waals surface area contributed by atoms with Crippen LogP contribution in [-0.4, -0.2) is 45.0 Å². The second kappa shape index (κ2) is 8.62. The number of benzene rings is 2. The van der Waals surface area contributed by atoms with Crippen LogP contribution in [0.15, 0.2) is 53.7 Å². The summed E-state index contributed by atoms with van der Waals surface area (Å²) >= 11 is 7.19. The molecule has 0 saturated carbocycles. The van der Waals surface area contributed by atoms with Crippen molar-refractivity contribution in [3.8, 4) is 5.69 Å². The van der Waals surface area contributed by atoms with E-state index >= 15 is 0 Å². The lowest BCUT2D eigenvalue weighted by Crippen LogP contribution is -2.18. The highest BCUT2D eigenvalue weighted by Gasteiger charge is 2.13. The first-order valence-corrected chi connectivity index (χ1v) is 10.4. The Balaban J connectivity index is 1.34. The van der Waals surface area contributed by atoms with Crippen molar-refractivity contribution in [2.45, 2.75) is 18.0 Å². The van der Waals surface area contributed by atoms with E-state index < -0.39 is 0 Å². The number of rotatable bonds is 6. The average Bonchev–Trinajstić information content (AvgIpc) is 3.40. The molecule has 1 amide bonds.